The molecular formula is C14H26ClN3O. The lowest BCUT2D eigenvalue weighted by molar-refractivity contribution is 0.104. The Bertz CT molecular complexity index is 367. The molecule has 2 rings (SSSR count). The van der Waals surface area contributed by atoms with Gasteiger partial charge in [-0.2, -0.15) is 5.10 Å². The maximum absolute atomic E-state index is 5.61. The zero-order valence-corrected chi connectivity index (χ0v) is 13.0. The van der Waals surface area contributed by atoms with E-state index in [9.17, 15) is 0 Å². The van der Waals surface area contributed by atoms with Gasteiger partial charge in [0.2, 0.25) is 0 Å². The molecule has 1 aromatic heterocycles. The van der Waals surface area contributed by atoms with Crippen molar-refractivity contribution >= 4 is 12.4 Å². The van der Waals surface area contributed by atoms with Gasteiger partial charge in [0, 0.05) is 29.8 Å². The number of rotatable bonds is 5. The van der Waals surface area contributed by atoms with Crippen LogP contribution in [0.1, 0.15) is 51.3 Å². The van der Waals surface area contributed by atoms with E-state index >= 15 is 0 Å². The quantitative estimate of drug-likeness (QED) is 0.819. The molecule has 1 aromatic rings. The highest BCUT2D eigenvalue weighted by Crippen LogP contribution is 2.23. The minimum absolute atomic E-state index is 0. The highest BCUT2D eigenvalue weighted by atomic mass is 35.5. The normalized spacial score (nSPS) is 19.4. The number of hydrogen-bond donors (Lipinski definition) is 2. The van der Waals surface area contributed by atoms with Crippen molar-refractivity contribution in [3.05, 3.63) is 17.5 Å². The van der Waals surface area contributed by atoms with Crippen molar-refractivity contribution in [3.8, 4) is 0 Å². The van der Waals surface area contributed by atoms with E-state index < -0.39 is 0 Å². The third-order valence-corrected chi connectivity index (χ3v) is 3.45. The van der Waals surface area contributed by atoms with E-state index in [0.717, 1.165) is 26.1 Å². The summed E-state index contributed by atoms with van der Waals surface area (Å²) in [6.07, 6.45) is 5.97. The third kappa shape index (κ3) is 4.79. The molecule has 2 heterocycles. The van der Waals surface area contributed by atoms with Crippen molar-refractivity contribution in [3.63, 3.8) is 0 Å². The molecule has 1 saturated heterocycles. The SMILES string of the molecule is CC(C)(C)c1[nH]ncc1CNCCC1CCCO1.Cl. The molecule has 1 aliphatic rings. The Kier molecular flexibility index (Phi) is 6.30. The molecule has 0 aromatic carbocycles. The average molecular weight is 288 g/mol. The van der Waals surface area contributed by atoms with E-state index in [1.807, 2.05) is 6.20 Å². The number of nitrogens with one attached hydrogen (secondary N) is 2. The molecule has 0 bridgehead atoms. The van der Waals surface area contributed by atoms with E-state index in [1.54, 1.807) is 0 Å². The molecule has 110 valence electrons. The Hall–Kier alpha value is -0.580. The van der Waals surface area contributed by atoms with Crippen LogP contribution < -0.4 is 5.32 Å². The Balaban J connectivity index is 0.00000180. The molecule has 0 spiro atoms. The topological polar surface area (TPSA) is 49.9 Å². The molecule has 1 fully saturated rings. The van der Waals surface area contributed by atoms with Crippen LogP contribution in [0.4, 0.5) is 0 Å². The number of nitrogens with zero attached hydrogens (tertiary/aromatic N) is 1. The van der Waals surface area contributed by atoms with Gasteiger partial charge < -0.3 is 10.1 Å². The lowest BCUT2D eigenvalue weighted by Crippen LogP contribution is -2.22. The second-order valence-electron chi connectivity index (χ2n) is 6.12. The predicted octanol–water partition coefficient (Wildman–Crippen LogP) is 2.79. The van der Waals surface area contributed by atoms with Crippen LogP contribution in [0.2, 0.25) is 0 Å². The lowest BCUT2D eigenvalue weighted by atomic mass is 9.89. The van der Waals surface area contributed by atoms with Crippen LogP contribution in [0.5, 0.6) is 0 Å². The van der Waals surface area contributed by atoms with Gasteiger partial charge in [0.05, 0.1) is 12.3 Å². The first-order valence-corrected chi connectivity index (χ1v) is 6.92. The first-order chi connectivity index (χ1) is 8.57. The molecule has 0 amide bonds. The smallest absolute Gasteiger partial charge is 0.0588 e. The van der Waals surface area contributed by atoms with Gasteiger partial charge in [-0.15, -0.1) is 12.4 Å². The first-order valence-electron chi connectivity index (χ1n) is 6.92. The van der Waals surface area contributed by atoms with Crippen LogP contribution in [-0.4, -0.2) is 29.5 Å². The van der Waals surface area contributed by atoms with Crippen molar-refractivity contribution in [2.45, 2.75) is 58.1 Å². The first kappa shape index (κ1) is 16.5. The number of halogens is 1. The lowest BCUT2D eigenvalue weighted by Gasteiger charge is -2.18. The number of aromatic amines is 1. The van der Waals surface area contributed by atoms with E-state index in [0.29, 0.717) is 6.10 Å². The van der Waals surface area contributed by atoms with Gasteiger partial charge in [-0.05, 0) is 25.8 Å². The molecule has 2 N–H and O–H groups in total. The average Bonchev–Trinajstić information content (AvgIpc) is 2.94. The number of hydrogen-bond acceptors (Lipinski definition) is 3. The van der Waals surface area contributed by atoms with Crippen molar-refractivity contribution < 1.29 is 4.74 Å². The van der Waals surface area contributed by atoms with Gasteiger partial charge >= 0.3 is 0 Å². The van der Waals surface area contributed by atoms with Gasteiger partial charge in [-0.1, -0.05) is 20.8 Å². The summed E-state index contributed by atoms with van der Waals surface area (Å²) in [5.74, 6) is 0. The summed E-state index contributed by atoms with van der Waals surface area (Å²) in [4.78, 5) is 0. The monoisotopic (exact) mass is 287 g/mol. The predicted molar refractivity (Wildman–Crippen MR) is 79.8 cm³/mol. The highest BCUT2D eigenvalue weighted by Gasteiger charge is 2.20. The van der Waals surface area contributed by atoms with Crippen LogP contribution in [-0.2, 0) is 16.7 Å². The molecular weight excluding hydrogens is 262 g/mol. The fourth-order valence-electron chi connectivity index (χ4n) is 2.45. The van der Waals surface area contributed by atoms with Crippen LogP contribution in [0.15, 0.2) is 6.20 Å². The highest BCUT2D eigenvalue weighted by molar-refractivity contribution is 5.85. The number of ether oxygens (including phenoxy) is 1. The number of aromatic nitrogens is 2. The maximum Gasteiger partial charge on any atom is 0.0588 e. The summed E-state index contributed by atoms with van der Waals surface area (Å²) < 4.78 is 5.61. The van der Waals surface area contributed by atoms with E-state index in [4.69, 9.17) is 4.74 Å². The molecule has 0 radical (unpaired) electrons. The van der Waals surface area contributed by atoms with Gasteiger partial charge in [-0.25, -0.2) is 0 Å². The molecule has 5 heteroatoms. The minimum atomic E-state index is 0. The zero-order chi connectivity index (χ0) is 13.0. The Morgan fingerprint density at radius 2 is 2.26 bits per heavy atom. The maximum atomic E-state index is 5.61. The summed E-state index contributed by atoms with van der Waals surface area (Å²) >= 11 is 0. The Morgan fingerprint density at radius 3 is 2.89 bits per heavy atom. The Labute approximate surface area is 122 Å². The fraction of sp³-hybridized carbons (Fsp3) is 0.786. The van der Waals surface area contributed by atoms with Crippen molar-refractivity contribution in [1.82, 2.24) is 15.5 Å². The second kappa shape index (κ2) is 7.27. The van der Waals surface area contributed by atoms with Gasteiger partial charge in [-0.3, -0.25) is 5.10 Å². The molecule has 1 atom stereocenters. The van der Waals surface area contributed by atoms with E-state index in [1.165, 1.54) is 24.1 Å². The third-order valence-electron chi connectivity index (χ3n) is 3.45. The molecule has 19 heavy (non-hydrogen) atoms. The minimum Gasteiger partial charge on any atom is -0.378 e. The fourth-order valence-corrected chi connectivity index (χ4v) is 2.45. The van der Waals surface area contributed by atoms with E-state index in [2.05, 4.69) is 36.3 Å². The molecule has 1 aliphatic heterocycles. The standard InChI is InChI=1S/C14H25N3O.ClH/c1-14(2,3)13-11(10-16-17-13)9-15-7-6-12-5-4-8-18-12;/h10,12,15H,4-9H2,1-3H3,(H,16,17);1H. The van der Waals surface area contributed by atoms with Crippen molar-refractivity contribution in [2.75, 3.05) is 13.2 Å². The second-order valence-corrected chi connectivity index (χ2v) is 6.12. The van der Waals surface area contributed by atoms with Crippen molar-refractivity contribution in [2.24, 2.45) is 0 Å². The summed E-state index contributed by atoms with van der Waals surface area (Å²) in [6, 6.07) is 0. The molecule has 0 aliphatic carbocycles. The molecule has 1 unspecified atom stereocenters. The van der Waals surface area contributed by atoms with Crippen LogP contribution in [0.25, 0.3) is 0 Å². The van der Waals surface area contributed by atoms with Crippen molar-refractivity contribution in [1.29, 1.82) is 0 Å². The summed E-state index contributed by atoms with van der Waals surface area (Å²) in [7, 11) is 0. The summed E-state index contributed by atoms with van der Waals surface area (Å²) in [6.45, 7) is 9.46. The zero-order valence-electron chi connectivity index (χ0n) is 12.2. The van der Waals surface area contributed by atoms with Crippen LogP contribution in [0.3, 0.4) is 0 Å². The molecule has 4 nitrogen and oxygen atoms in total. The largest absolute Gasteiger partial charge is 0.378 e. The van der Waals surface area contributed by atoms with Crippen LogP contribution >= 0.6 is 12.4 Å². The number of H-pyrrole nitrogens is 1. The van der Waals surface area contributed by atoms with Gasteiger partial charge in [0.1, 0.15) is 0 Å². The summed E-state index contributed by atoms with van der Waals surface area (Å²) in [5, 5.41) is 10.8. The Morgan fingerprint density at radius 1 is 1.47 bits per heavy atom. The summed E-state index contributed by atoms with van der Waals surface area (Å²) in [5.41, 5.74) is 2.63. The van der Waals surface area contributed by atoms with Gasteiger partial charge in [0.25, 0.3) is 0 Å². The van der Waals surface area contributed by atoms with Crippen LogP contribution in [0, 0.1) is 0 Å². The molecule has 0 saturated carbocycles. The van der Waals surface area contributed by atoms with E-state index in [-0.39, 0.29) is 17.8 Å². The van der Waals surface area contributed by atoms with Gasteiger partial charge in [0.15, 0.2) is 0 Å².